The average molecular weight is 354 g/mol. The molecule has 0 aromatic heterocycles. The van der Waals surface area contributed by atoms with Crippen LogP contribution in [0.4, 0.5) is 17.6 Å². The van der Waals surface area contributed by atoms with Gasteiger partial charge in [0, 0.05) is 0 Å². The van der Waals surface area contributed by atoms with E-state index in [9.17, 15) is 22.4 Å². The molecular formula is C17H26F4O3. The van der Waals surface area contributed by atoms with E-state index in [2.05, 4.69) is 0 Å². The van der Waals surface area contributed by atoms with E-state index >= 15 is 0 Å². The summed E-state index contributed by atoms with van der Waals surface area (Å²) in [6, 6.07) is 0. The summed E-state index contributed by atoms with van der Waals surface area (Å²) < 4.78 is 61.9. The third-order valence-corrected chi connectivity index (χ3v) is 5.33. The number of carbonyl (C=O) groups is 1. The molecule has 0 saturated heterocycles. The summed E-state index contributed by atoms with van der Waals surface area (Å²) in [5.74, 6) is -3.76. The fourth-order valence-electron chi connectivity index (χ4n) is 4.05. The summed E-state index contributed by atoms with van der Waals surface area (Å²) in [5, 5.41) is 8.91. The molecule has 1 N–H and O–H groups in total. The van der Waals surface area contributed by atoms with Crippen LogP contribution < -0.4 is 0 Å². The number of aliphatic carboxylic acids is 1. The first-order valence-corrected chi connectivity index (χ1v) is 8.81. The summed E-state index contributed by atoms with van der Waals surface area (Å²) in [4.78, 5) is 10.9. The number of ether oxygens (including phenoxy) is 1. The Balaban J connectivity index is 1.93. The third-order valence-electron chi connectivity index (χ3n) is 5.33. The van der Waals surface area contributed by atoms with Gasteiger partial charge in [0.2, 0.25) is 0 Å². The Morgan fingerprint density at radius 3 is 2.12 bits per heavy atom. The number of carboxylic acid groups (broad SMARTS) is 1. The lowest BCUT2D eigenvalue weighted by molar-refractivity contribution is -0.319. The van der Waals surface area contributed by atoms with E-state index in [1.165, 1.54) is 0 Å². The molecule has 2 aliphatic rings. The lowest BCUT2D eigenvalue weighted by Gasteiger charge is -2.40. The molecule has 0 aliphatic heterocycles. The second kappa shape index (κ2) is 8.02. The fraction of sp³-hybridized carbons (Fsp3) is 0.941. The zero-order chi connectivity index (χ0) is 17.9. The minimum absolute atomic E-state index is 0.0520. The molecular weight excluding hydrogens is 328 g/mol. The van der Waals surface area contributed by atoms with E-state index in [0.29, 0.717) is 6.42 Å². The van der Waals surface area contributed by atoms with Gasteiger partial charge >= 0.3 is 12.1 Å². The SMILES string of the molecule is CCCC1CC(F)C(C(F)(F)OC2CCC(C(=O)O)CC2)C(F)C1. The lowest BCUT2D eigenvalue weighted by atomic mass is 9.77. The molecule has 0 aromatic rings. The summed E-state index contributed by atoms with van der Waals surface area (Å²) in [5.41, 5.74) is 0. The highest BCUT2D eigenvalue weighted by Crippen LogP contribution is 2.45. The van der Waals surface area contributed by atoms with Crippen molar-refractivity contribution in [3.8, 4) is 0 Å². The van der Waals surface area contributed by atoms with Gasteiger partial charge in [-0.25, -0.2) is 8.78 Å². The summed E-state index contributed by atoms with van der Waals surface area (Å²) in [6.45, 7) is 1.90. The van der Waals surface area contributed by atoms with Gasteiger partial charge in [0.05, 0.1) is 12.0 Å². The molecule has 0 heterocycles. The van der Waals surface area contributed by atoms with Crippen LogP contribution in [-0.4, -0.2) is 35.6 Å². The molecule has 7 heteroatoms. The van der Waals surface area contributed by atoms with Crippen molar-refractivity contribution in [3.05, 3.63) is 0 Å². The first-order valence-electron chi connectivity index (χ1n) is 8.81. The minimum Gasteiger partial charge on any atom is -0.481 e. The monoisotopic (exact) mass is 354 g/mol. The molecule has 2 unspecified atom stereocenters. The zero-order valence-corrected chi connectivity index (χ0v) is 13.9. The predicted molar refractivity (Wildman–Crippen MR) is 80.3 cm³/mol. The van der Waals surface area contributed by atoms with Crippen LogP contribution in [0.1, 0.15) is 58.3 Å². The second-order valence-corrected chi connectivity index (χ2v) is 7.18. The van der Waals surface area contributed by atoms with Gasteiger partial charge in [-0.2, -0.15) is 8.78 Å². The molecule has 3 nitrogen and oxygen atoms in total. The Morgan fingerprint density at radius 2 is 1.67 bits per heavy atom. The topological polar surface area (TPSA) is 46.5 Å². The summed E-state index contributed by atoms with van der Waals surface area (Å²) >= 11 is 0. The number of hydrogen-bond donors (Lipinski definition) is 1. The molecule has 0 aromatic carbocycles. The number of rotatable bonds is 6. The third kappa shape index (κ3) is 4.61. The Bertz CT molecular complexity index is 412. The minimum atomic E-state index is -3.86. The van der Waals surface area contributed by atoms with Gasteiger partial charge in [0.1, 0.15) is 18.3 Å². The maximum Gasteiger partial charge on any atom is 0.364 e. The van der Waals surface area contributed by atoms with Gasteiger partial charge in [-0.1, -0.05) is 19.8 Å². The molecule has 2 fully saturated rings. The Kier molecular flexibility index (Phi) is 6.51. The van der Waals surface area contributed by atoms with Gasteiger partial charge in [-0.3, -0.25) is 4.79 Å². The Hall–Kier alpha value is -0.850. The largest absolute Gasteiger partial charge is 0.481 e. The van der Waals surface area contributed by atoms with Crippen LogP contribution >= 0.6 is 0 Å². The molecule has 0 amide bonds. The first kappa shape index (κ1) is 19.5. The molecule has 2 aliphatic carbocycles. The van der Waals surface area contributed by atoms with E-state index in [1.54, 1.807) is 0 Å². The summed E-state index contributed by atoms with van der Waals surface area (Å²) in [7, 11) is 0. The average Bonchev–Trinajstić information content (AvgIpc) is 2.46. The molecule has 140 valence electrons. The van der Waals surface area contributed by atoms with Gasteiger partial charge in [-0.05, 0) is 44.4 Å². The van der Waals surface area contributed by atoms with Crippen LogP contribution in [0.5, 0.6) is 0 Å². The van der Waals surface area contributed by atoms with Crippen LogP contribution in [0.25, 0.3) is 0 Å². The maximum atomic E-state index is 14.3. The van der Waals surface area contributed by atoms with Crippen molar-refractivity contribution in [2.75, 3.05) is 0 Å². The van der Waals surface area contributed by atoms with E-state index in [1.807, 2.05) is 6.92 Å². The smallest absolute Gasteiger partial charge is 0.364 e. The van der Waals surface area contributed by atoms with E-state index in [4.69, 9.17) is 9.84 Å². The van der Waals surface area contributed by atoms with Crippen LogP contribution in [-0.2, 0) is 9.53 Å². The number of hydrogen-bond acceptors (Lipinski definition) is 2. The molecule has 2 saturated carbocycles. The van der Waals surface area contributed by atoms with Crippen molar-refractivity contribution >= 4 is 5.97 Å². The Labute approximate surface area is 139 Å². The van der Waals surface area contributed by atoms with Crippen LogP contribution in [0.2, 0.25) is 0 Å². The molecule has 24 heavy (non-hydrogen) atoms. The zero-order valence-electron chi connectivity index (χ0n) is 13.9. The quantitative estimate of drug-likeness (QED) is 0.701. The van der Waals surface area contributed by atoms with Gasteiger partial charge in [-0.15, -0.1) is 0 Å². The van der Waals surface area contributed by atoms with Gasteiger partial charge in [0.25, 0.3) is 0 Å². The van der Waals surface area contributed by atoms with E-state index in [0.717, 1.165) is 6.42 Å². The van der Waals surface area contributed by atoms with Crippen LogP contribution in [0.15, 0.2) is 0 Å². The molecule has 0 radical (unpaired) electrons. The lowest BCUT2D eigenvalue weighted by Crippen LogP contribution is -2.49. The molecule has 2 atom stereocenters. The van der Waals surface area contributed by atoms with Crippen molar-refractivity contribution in [3.63, 3.8) is 0 Å². The normalized spacial score (nSPS) is 38.0. The van der Waals surface area contributed by atoms with Crippen molar-refractivity contribution in [1.82, 2.24) is 0 Å². The summed E-state index contributed by atoms with van der Waals surface area (Å²) in [6.07, 6.45) is -6.40. The standard InChI is InChI=1S/C17H26F4O3/c1-2-3-10-8-13(18)15(14(19)9-10)17(20,21)24-12-6-4-11(5-7-12)16(22)23/h10-15H,2-9H2,1H3,(H,22,23). The first-order chi connectivity index (χ1) is 11.2. The van der Waals surface area contributed by atoms with E-state index < -0.39 is 42.4 Å². The van der Waals surface area contributed by atoms with Crippen LogP contribution in [0, 0.1) is 17.8 Å². The molecule has 0 bridgehead atoms. The molecule has 2 rings (SSSR count). The van der Waals surface area contributed by atoms with Crippen LogP contribution in [0.3, 0.4) is 0 Å². The number of carboxylic acids is 1. The van der Waals surface area contributed by atoms with Crippen molar-refractivity contribution in [2.24, 2.45) is 17.8 Å². The van der Waals surface area contributed by atoms with Gasteiger partial charge in [0.15, 0.2) is 0 Å². The second-order valence-electron chi connectivity index (χ2n) is 7.18. The highest BCUT2D eigenvalue weighted by molar-refractivity contribution is 5.70. The number of halogens is 4. The van der Waals surface area contributed by atoms with Gasteiger partial charge < -0.3 is 9.84 Å². The highest BCUT2D eigenvalue weighted by atomic mass is 19.3. The Morgan fingerprint density at radius 1 is 1.12 bits per heavy atom. The van der Waals surface area contributed by atoms with Crippen molar-refractivity contribution < 1.29 is 32.2 Å². The predicted octanol–water partition coefficient (Wildman–Crippen LogP) is 4.74. The highest BCUT2D eigenvalue weighted by Gasteiger charge is 2.55. The fourth-order valence-corrected chi connectivity index (χ4v) is 4.05. The van der Waals surface area contributed by atoms with Crippen molar-refractivity contribution in [2.45, 2.75) is 82.8 Å². The maximum absolute atomic E-state index is 14.3. The van der Waals surface area contributed by atoms with Crippen molar-refractivity contribution in [1.29, 1.82) is 0 Å². The molecule has 0 spiro atoms. The van der Waals surface area contributed by atoms with E-state index in [-0.39, 0.29) is 44.4 Å². The number of alkyl halides is 4.